The van der Waals surface area contributed by atoms with E-state index in [2.05, 4.69) is 20.7 Å². The summed E-state index contributed by atoms with van der Waals surface area (Å²) in [6.07, 6.45) is -0.833. The lowest BCUT2D eigenvalue weighted by Gasteiger charge is -2.23. The minimum absolute atomic E-state index is 0.0866. The number of aromatic nitrogens is 5. The Morgan fingerprint density at radius 3 is 2.65 bits per heavy atom. The van der Waals surface area contributed by atoms with Crippen molar-refractivity contribution in [2.45, 2.75) is 31.3 Å². The van der Waals surface area contributed by atoms with Crippen LogP contribution in [-0.4, -0.2) is 83.1 Å². The fourth-order valence-corrected chi connectivity index (χ4v) is 5.38. The molecular formula is C14H21N6O9PS. The Balaban J connectivity index is 2.00. The summed E-state index contributed by atoms with van der Waals surface area (Å²) in [5.41, 5.74) is -2.03. The van der Waals surface area contributed by atoms with Crippen LogP contribution in [0.25, 0.3) is 11.0 Å². The average molecular weight is 480 g/mol. The summed E-state index contributed by atoms with van der Waals surface area (Å²) in [6.45, 7) is 2.60. The highest BCUT2D eigenvalue weighted by molar-refractivity contribution is 8.00. The molecular weight excluding hydrogens is 459 g/mol. The van der Waals surface area contributed by atoms with Crippen LogP contribution in [0.2, 0.25) is 0 Å². The van der Waals surface area contributed by atoms with E-state index in [1.54, 1.807) is 0 Å². The number of nitrogens with zero attached hydrogens (tertiary/aromatic N) is 5. The summed E-state index contributed by atoms with van der Waals surface area (Å²) in [6, 6.07) is 0. The average Bonchev–Trinajstić information content (AvgIpc) is 3.31. The largest absolute Gasteiger partial charge is 0.479 e. The molecule has 3 rings (SSSR count). The smallest absolute Gasteiger partial charge is 0.364 e. The van der Waals surface area contributed by atoms with Gasteiger partial charge in [0.2, 0.25) is 5.78 Å². The molecule has 1 fully saturated rings. The van der Waals surface area contributed by atoms with Crippen LogP contribution in [0.1, 0.15) is 20.1 Å². The molecule has 15 nitrogen and oxygen atoms in total. The standard InChI is InChI=1S/C14H21N6O9PS/c1-3-27-30(26,28-4-2)12(14(23)24)15-11-9-10(20(25)17-11)13(22)19(18-16-9)7-6-31-8(5-21)29-7/h7-8,12,21,25H,3-6H2,1-2H3,(H,15,17)(H,23,24). The number of thioether (sulfide) groups is 1. The third-order valence-corrected chi connectivity index (χ3v) is 7.42. The minimum atomic E-state index is -4.19. The van der Waals surface area contributed by atoms with Gasteiger partial charge in [-0.25, -0.2) is 4.79 Å². The molecule has 4 N–H and O–H groups in total. The molecule has 0 aromatic carbocycles. The van der Waals surface area contributed by atoms with Gasteiger partial charge in [-0.15, -0.1) is 22.0 Å². The fraction of sp³-hybridized carbons (Fsp3) is 0.643. The van der Waals surface area contributed by atoms with E-state index < -0.39 is 42.1 Å². The number of anilines is 1. The van der Waals surface area contributed by atoms with E-state index in [0.717, 1.165) is 4.68 Å². The first-order valence-electron chi connectivity index (χ1n) is 9.09. The molecule has 0 saturated carbocycles. The molecule has 31 heavy (non-hydrogen) atoms. The maximum Gasteiger partial charge on any atom is 0.364 e. The summed E-state index contributed by atoms with van der Waals surface area (Å²) in [5.74, 6) is -3.52. The number of carbonyl (C=O) groups is 1. The normalized spacial score (nSPS) is 20.2. The van der Waals surface area contributed by atoms with Crippen LogP contribution in [0.3, 0.4) is 0 Å². The fourth-order valence-electron chi connectivity index (χ4n) is 2.83. The molecule has 1 aliphatic rings. The molecule has 0 radical (unpaired) electrons. The summed E-state index contributed by atoms with van der Waals surface area (Å²) in [7, 11) is -4.19. The number of aliphatic hydroxyl groups is 1. The Labute approximate surface area is 178 Å². The van der Waals surface area contributed by atoms with Gasteiger partial charge in [-0.2, -0.15) is 4.68 Å². The topological polar surface area (TPSA) is 200 Å². The highest BCUT2D eigenvalue weighted by Gasteiger charge is 2.43. The van der Waals surface area contributed by atoms with Crippen LogP contribution in [0.5, 0.6) is 0 Å². The lowest BCUT2D eigenvalue weighted by molar-refractivity contribution is -0.136. The summed E-state index contributed by atoms with van der Waals surface area (Å²) >= 11 is 1.27. The monoisotopic (exact) mass is 480 g/mol. The number of aliphatic carboxylic acids is 1. The molecule has 1 saturated heterocycles. The van der Waals surface area contributed by atoms with Gasteiger partial charge in [0, 0.05) is 5.75 Å². The number of hydrogen-bond donors (Lipinski definition) is 4. The molecule has 3 atom stereocenters. The number of rotatable bonds is 10. The van der Waals surface area contributed by atoms with Gasteiger partial charge in [0.05, 0.1) is 19.8 Å². The summed E-state index contributed by atoms with van der Waals surface area (Å²) < 4.78 is 29.4. The first-order valence-corrected chi connectivity index (χ1v) is 11.7. The van der Waals surface area contributed by atoms with Crippen molar-refractivity contribution in [1.29, 1.82) is 0 Å². The quantitative estimate of drug-likeness (QED) is 0.259. The third kappa shape index (κ3) is 4.53. The molecule has 3 unspecified atom stereocenters. The second-order valence-electron chi connectivity index (χ2n) is 6.07. The second-order valence-corrected chi connectivity index (χ2v) is 9.38. The Bertz CT molecular complexity index is 1050. The van der Waals surface area contributed by atoms with Gasteiger partial charge in [-0.1, -0.05) is 10.1 Å². The Kier molecular flexibility index (Phi) is 7.18. The highest BCUT2D eigenvalue weighted by atomic mass is 32.2. The molecule has 172 valence electrons. The van der Waals surface area contributed by atoms with Crippen LogP contribution in [0.15, 0.2) is 4.79 Å². The van der Waals surface area contributed by atoms with Crippen molar-refractivity contribution in [3.8, 4) is 0 Å². The Morgan fingerprint density at radius 2 is 2.10 bits per heavy atom. The second kappa shape index (κ2) is 9.50. The van der Waals surface area contributed by atoms with Gasteiger partial charge >= 0.3 is 19.1 Å². The van der Waals surface area contributed by atoms with E-state index >= 15 is 0 Å². The van der Waals surface area contributed by atoms with Crippen LogP contribution < -0.4 is 10.9 Å². The minimum Gasteiger partial charge on any atom is -0.479 e. The maximum absolute atomic E-state index is 12.9. The van der Waals surface area contributed by atoms with Crippen LogP contribution in [-0.2, 0) is 23.1 Å². The van der Waals surface area contributed by atoms with Gasteiger partial charge in [0.15, 0.2) is 23.1 Å². The number of carboxylic acid groups (broad SMARTS) is 1. The zero-order valence-corrected chi connectivity index (χ0v) is 18.2. The molecule has 0 amide bonds. The van der Waals surface area contributed by atoms with Gasteiger partial charge in [0.1, 0.15) is 5.44 Å². The predicted octanol–water partition coefficient (Wildman–Crippen LogP) is -0.106. The molecule has 17 heteroatoms. The summed E-state index contributed by atoms with van der Waals surface area (Å²) in [5, 5.41) is 42.5. The molecule has 0 spiro atoms. The zero-order chi connectivity index (χ0) is 22.8. The van der Waals surface area contributed by atoms with Crippen molar-refractivity contribution in [3.63, 3.8) is 0 Å². The third-order valence-electron chi connectivity index (χ3n) is 4.09. The van der Waals surface area contributed by atoms with Gasteiger partial charge < -0.3 is 34.5 Å². The molecule has 2 aromatic heterocycles. The van der Waals surface area contributed by atoms with Crippen molar-refractivity contribution < 1.29 is 38.6 Å². The van der Waals surface area contributed by atoms with Gasteiger partial charge in [-0.3, -0.25) is 9.36 Å². The van der Waals surface area contributed by atoms with E-state index in [9.17, 15) is 24.5 Å². The van der Waals surface area contributed by atoms with Gasteiger partial charge in [0.25, 0.3) is 0 Å². The molecule has 1 aliphatic heterocycles. The number of ether oxygens (including phenoxy) is 1. The van der Waals surface area contributed by atoms with E-state index in [1.807, 2.05) is 0 Å². The Hall–Kier alpha value is -2.23. The number of fused-ring (bicyclic) bond motifs is 1. The first kappa shape index (κ1) is 23.4. The number of carboxylic acids is 1. The van der Waals surface area contributed by atoms with Crippen LogP contribution in [0, 0.1) is 0 Å². The van der Waals surface area contributed by atoms with Crippen LogP contribution in [0.4, 0.5) is 5.82 Å². The molecule has 0 bridgehead atoms. The maximum atomic E-state index is 12.9. The number of hydrogen-bond acceptors (Lipinski definition) is 13. The first-order chi connectivity index (χ1) is 14.8. The Morgan fingerprint density at radius 1 is 1.42 bits per heavy atom. The highest BCUT2D eigenvalue weighted by Crippen LogP contribution is 2.53. The lowest BCUT2D eigenvalue weighted by atomic mass is 10.4. The van der Waals surface area contributed by atoms with Crippen molar-refractivity contribution in [2.24, 2.45) is 0 Å². The SMILES string of the molecule is CCOP(=O)(OCC)C(Nc1nn(O)c2c(=O)n(C3CSC(CO)O3)nnc12)C(=O)O. The molecule has 0 aliphatic carbocycles. The number of aliphatic hydroxyl groups excluding tert-OH is 1. The summed E-state index contributed by atoms with van der Waals surface area (Å²) in [4.78, 5) is 24.8. The predicted molar refractivity (Wildman–Crippen MR) is 106 cm³/mol. The molecule has 3 heterocycles. The van der Waals surface area contributed by atoms with Crippen molar-refractivity contribution in [1.82, 2.24) is 24.9 Å². The van der Waals surface area contributed by atoms with Crippen LogP contribution >= 0.6 is 19.4 Å². The van der Waals surface area contributed by atoms with E-state index in [4.69, 9.17) is 18.9 Å². The molecule has 2 aromatic rings. The lowest BCUT2D eigenvalue weighted by Crippen LogP contribution is -2.32. The van der Waals surface area contributed by atoms with E-state index in [-0.39, 0.29) is 36.0 Å². The van der Waals surface area contributed by atoms with E-state index in [1.165, 1.54) is 25.6 Å². The number of nitrogens with one attached hydrogen (secondary N) is 1. The zero-order valence-electron chi connectivity index (χ0n) is 16.4. The van der Waals surface area contributed by atoms with Crippen molar-refractivity contribution in [3.05, 3.63) is 10.4 Å². The van der Waals surface area contributed by atoms with Crippen molar-refractivity contribution >= 4 is 42.2 Å². The van der Waals surface area contributed by atoms with E-state index in [0.29, 0.717) is 5.75 Å². The van der Waals surface area contributed by atoms with Gasteiger partial charge in [-0.05, 0) is 13.8 Å². The van der Waals surface area contributed by atoms with Crippen molar-refractivity contribution in [2.75, 3.05) is 30.9 Å².